The number of hydrogen-bond acceptors (Lipinski definition) is 2. The van der Waals surface area contributed by atoms with Gasteiger partial charge >= 0.3 is 0 Å². The van der Waals surface area contributed by atoms with Gasteiger partial charge in [-0.3, -0.25) is 0 Å². The molecule has 0 bridgehead atoms. The van der Waals surface area contributed by atoms with Gasteiger partial charge < -0.3 is 10.3 Å². The minimum atomic E-state index is 0.568. The van der Waals surface area contributed by atoms with E-state index in [1.165, 1.54) is 0 Å². The fraction of sp³-hybridized carbons (Fsp3) is 0.286. The lowest BCUT2D eigenvalue weighted by atomic mass is 10.5. The number of aromatic nitrogens is 2. The van der Waals surface area contributed by atoms with E-state index < -0.39 is 0 Å². The van der Waals surface area contributed by atoms with Gasteiger partial charge in [-0.1, -0.05) is 12.2 Å². The average molecular weight is 137 g/mol. The van der Waals surface area contributed by atoms with Crippen LogP contribution in [0, 0.1) is 0 Å². The van der Waals surface area contributed by atoms with Gasteiger partial charge in [0.05, 0.1) is 0 Å². The Labute approximate surface area is 60.2 Å². The minimum Gasteiger partial charge on any atom is -0.369 e. The Bertz CT molecular complexity index is 225. The predicted octanol–water partition coefficient (Wildman–Crippen LogP) is 1.04. The number of nitrogens with two attached hydrogens (primary N) is 1. The van der Waals surface area contributed by atoms with E-state index >= 15 is 0 Å². The van der Waals surface area contributed by atoms with Crippen molar-refractivity contribution in [1.82, 2.24) is 9.55 Å². The second kappa shape index (κ2) is 3.06. The molecule has 0 atom stereocenters. The summed E-state index contributed by atoms with van der Waals surface area (Å²) in [7, 11) is 0. The van der Waals surface area contributed by atoms with Crippen LogP contribution in [0.5, 0.6) is 0 Å². The molecule has 10 heavy (non-hydrogen) atoms. The zero-order chi connectivity index (χ0) is 7.40. The summed E-state index contributed by atoms with van der Waals surface area (Å²) >= 11 is 0. The fourth-order valence-electron chi connectivity index (χ4n) is 0.714. The molecule has 1 aromatic rings. The molecule has 0 unspecified atom stereocenters. The highest BCUT2D eigenvalue weighted by Crippen LogP contribution is 1.97. The van der Waals surface area contributed by atoms with Gasteiger partial charge in [-0.15, -0.1) is 0 Å². The predicted molar refractivity (Wildman–Crippen MR) is 41.5 cm³/mol. The van der Waals surface area contributed by atoms with Crippen molar-refractivity contribution in [2.45, 2.75) is 13.5 Å². The van der Waals surface area contributed by atoms with Crippen LogP contribution in [-0.2, 0) is 6.54 Å². The summed E-state index contributed by atoms with van der Waals surface area (Å²) in [4.78, 5) is 3.88. The molecule has 0 spiro atoms. The summed E-state index contributed by atoms with van der Waals surface area (Å²) in [5, 5.41) is 0. The third-order valence-electron chi connectivity index (χ3n) is 1.29. The first kappa shape index (κ1) is 6.86. The summed E-state index contributed by atoms with van der Waals surface area (Å²) < 4.78 is 1.88. The van der Waals surface area contributed by atoms with Gasteiger partial charge in [0, 0.05) is 18.9 Å². The van der Waals surface area contributed by atoms with Crippen LogP contribution in [0.25, 0.3) is 0 Å². The van der Waals surface area contributed by atoms with Gasteiger partial charge in [-0.25, -0.2) is 4.98 Å². The number of nitrogens with zero attached hydrogens (tertiary/aromatic N) is 2. The highest BCUT2D eigenvalue weighted by molar-refractivity contribution is 5.17. The monoisotopic (exact) mass is 137 g/mol. The Hall–Kier alpha value is -1.25. The van der Waals surface area contributed by atoms with E-state index in [9.17, 15) is 0 Å². The Kier molecular flexibility index (Phi) is 2.10. The van der Waals surface area contributed by atoms with Gasteiger partial charge in [0.15, 0.2) is 5.95 Å². The van der Waals surface area contributed by atoms with Crippen LogP contribution in [0.15, 0.2) is 24.5 Å². The average Bonchev–Trinajstić information content (AvgIpc) is 2.31. The van der Waals surface area contributed by atoms with Crippen molar-refractivity contribution in [3.63, 3.8) is 0 Å². The van der Waals surface area contributed by atoms with Gasteiger partial charge in [0.1, 0.15) is 0 Å². The number of rotatable bonds is 2. The van der Waals surface area contributed by atoms with Crippen LogP contribution in [-0.4, -0.2) is 9.55 Å². The molecule has 1 rings (SSSR count). The maximum Gasteiger partial charge on any atom is 0.200 e. The zero-order valence-corrected chi connectivity index (χ0v) is 5.99. The quantitative estimate of drug-likeness (QED) is 0.619. The maximum atomic E-state index is 5.50. The number of nitrogen functional groups attached to an aromatic ring is 1. The van der Waals surface area contributed by atoms with E-state index in [1.54, 1.807) is 6.20 Å². The Morgan fingerprint density at radius 2 is 2.60 bits per heavy atom. The molecule has 3 heteroatoms. The summed E-state index contributed by atoms with van der Waals surface area (Å²) in [5.41, 5.74) is 5.50. The molecule has 0 radical (unpaired) electrons. The lowest BCUT2D eigenvalue weighted by Crippen LogP contribution is -1.99. The van der Waals surface area contributed by atoms with Crippen LogP contribution >= 0.6 is 0 Å². The van der Waals surface area contributed by atoms with Crippen LogP contribution in [0.1, 0.15) is 6.92 Å². The molecule has 0 fully saturated rings. The molecule has 1 heterocycles. The summed E-state index contributed by atoms with van der Waals surface area (Å²) in [6.45, 7) is 2.79. The smallest absolute Gasteiger partial charge is 0.200 e. The molecule has 0 aliphatic heterocycles. The molecule has 54 valence electrons. The molecule has 3 nitrogen and oxygen atoms in total. The molecular weight excluding hydrogens is 126 g/mol. The Balaban J connectivity index is 2.65. The molecule has 0 amide bonds. The third kappa shape index (κ3) is 1.37. The summed E-state index contributed by atoms with van der Waals surface area (Å²) in [6.07, 6.45) is 7.56. The van der Waals surface area contributed by atoms with E-state index in [4.69, 9.17) is 5.73 Å². The van der Waals surface area contributed by atoms with E-state index in [1.807, 2.05) is 29.8 Å². The maximum absolute atomic E-state index is 5.50. The topological polar surface area (TPSA) is 43.8 Å². The molecule has 0 aromatic carbocycles. The third-order valence-corrected chi connectivity index (χ3v) is 1.29. The number of imidazole rings is 1. The van der Waals surface area contributed by atoms with E-state index in [2.05, 4.69) is 4.98 Å². The van der Waals surface area contributed by atoms with Crippen LogP contribution in [0.4, 0.5) is 5.95 Å². The molecule has 0 saturated carbocycles. The minimum absolute atomic E-state index is 0.568. The first-order chi connectivity index (χ1) is 4.84. The van der Waals surface area contributed by atoms with E-state index in [0.29, 0.717) is 5.95 Å². The van der Waals surface area contributed by atoms with Gasteiger partial charge in [0.25, 0.3) is 0 Å². The van der Waals surface area contributed by atoms with Crippen molar-refractivity contribution in [2.24, 2.45) is 0 Å². The molecule has 0 aliphatic rings. The lowest BCUT2D eigenvalue weighted by Gasteiger charge is -1.97. The standard InChI is InChI=1S/C7H11N3/c1-2-3-5-10-6-4-9-7(10)8/h2-4,6H,5H2,1H3,(H2,8,9). The molecule has 0 aliphatic carbocycles. The fourth-order valence-corrected chi connectivity index (χ4v) is 0.714. The Morgan fingerprint density at radius 3 is 3.10 bits per heavy atom. The van der Waals surface area contributed by atoms with Crippen molar-refractivity contribution < 1.29 is 0 Å². The van der Waals surface area contributed by atoms with Crippen molar-refractivity contribution >= 4 is 5.95 Å². The normalized spacial score (nSPS) is 10.9. The second-order valence-electron chi connectivity index (χ2n) is 2.01. The van der Waals surface area contributed by atoms with E-state index in [0.717, 1.165) is 6.54 Å². The molecule has 0 saturated heterocycles. The van der Waals surface area contributed by atoms with Gasteiger partial charge in [-0.05, 0) is 6.92 Å². The first-order valence-corrected chi connectivity index (χ1v) is 3.22. The first-order valence-electron chi connectivity index (χ1n) is 3.22. The van der Waals surface area contributed by atoms with Crippen molar-refractivity contribution in [2.75, 3.05) is 5.73 Å². The number of allylic oxidation sites excluding steroid dienone is 2. The van der Waals surface area contributed by atoms with Crippen molar-refractivity contribution in [3.8, 4) is 0 Å². The lowest BCUT2D eigenvalue weighted by molar-refractivity contribution is 0.834. The zero-order valence-electron chi connectivity index (χ0n) is 5.99. The van der Waals surface area contributed by atoms with Crippen molar-refractivity contribution in [1.29, 1.82) is 0 Å². The van der Waals surface area contributed by atoms with E-state index in [-0.39, 0.29) is 0 Å². The van der Waals surface area contributed by atoms with Crippen LogP contribution < -0.4 is 5.73 Å². The number of hydrogen-bond donors (Lipinski definition) is 1. The highest BCUT2D eigenvalue weighted by atomic mass is 15.1. The van der Waals surface area contributed by atoms with Crippen LogP contribution in [0.2, 0.25) is 0 Å². The van der Waals surface area contributed by atoms with Gasteiger partial charge in [-0.2, -0.15) is 0 Å². The Morgan fingerprint density at radius 1 is 1.80 bits per heavy atom. The van der Waals surface area contributed by atoms with Crippen LogP contribution in [0.3, 0.4) is 0 Å². The SMILES string of the molecule is CC=CCn1ccnc1N. The highest BCUT2D eigenvalue weighted by Gasteiger charge is 1.91. The largest absolute Gasteiger partial charge is 0.369 e. The molecule has 1 aromatic heterocycles. The van der Waals surface area contributed by atoms with Gasteiger partial charge in [0.2, 0.25) is 0 Å². The second-order valence-corrected chi connectivity index (χ2v) is 2.01. The molecular formula is C7H11N3. The summed E-state index contributed by atoms with van der Waals surface area (Å²) in [5.74, 6) is 0.568. The number of anilines is 1. The van der Waals surface area contributed by atoms with Crippen molar-refractivity contribution in [3.05, 3.63) is 24.5 Å². The summed E-state index contributed by atoms with van der Waals surface area (Å²) in [6, 6.07) is 0. The molecule has 2 N–H and O–H groups in total.